The minimum atomic E-state index is -0.364. The molecule has 0 saturated carbocycles. The van der Waals surface area contributed by atoms with Crippen molar-refractivity contribution in [2.75, 3.05) is 4.90 Å². The molecule has 9 aromatic carbocycles. The smallest absolute Gasteiger partial charge is 0.0725 e. The summed E-state index contributed by atoms with van der Waals surface area (Å²) in [7, 11) is 0. The van der Waals surface area contributed by atoms with Gasteiger partial charge in [-0.3, -0.25) is 0 Å². The lowest BCUT2D eigenvalue weighted by molar-refractivity contribution is 0.794. The van der Waals surface area contributed by atoms with Gasteiger partial charge in [-0.15, -0.1) is 0 Å². The highest BCUT2D eigenvalue weighted by molar-refractivity contribution is 6.11. The van der Waals surface area contributed by atoms with Crippen LogP contribution in [0.5, 0.6) is 0 Å². The lowest BCUT2D eigenvalue weighted by Crippen LogP contribution is -2.25. The van der Waals surface area contributed by atoms with Gasteiger partial charge in [0.05, 0.1) is 16.4 Å². The molecule has 0 fully saturated rings. The van der Waals surface area contributed by atoms with E-state index in [1.807, 2.05) is 0 Å². The van der Waals surface area contributed by atoms with Crippen LogP contribution in [0.25, 0.3) is 60.9 Å². The van der Waals surface area contributed by atoms with Gasteiger partial charge in [0.1, 0.15) is 0 Å². The SMILES string of the molecule is Cc1cc(C)cc(N(c2ccc(-c3cccc4c3-c3ccccc3C43c4ccccc4-c4ccccc43)cc2)c2ccc3c(c2)c2ccccc2n3-c2ccccc2)c1. The van der Waals surface area contributed by atoms with Crippen LogP contribution in [0.2, 0.25) is 0 Å². The number of rotatable bonds is 5. The van der Waals surface area contributed by atoms with Crippen molar-refractivity contribution in [3.8, 4) is 39.1 Å². The average Bonchev–Trinajstić information content (AvgIpc) is 3.89. The first-order valence-corrected chi connectivity index (χ1v) is 20.6. The van der Waals surface area contributed by atoms with E-state index in [2.05, 4.69) is 230 Å². The van der Waals surface area contributed by atoms with E-state index in [9.17, 15) is 0 Å². The number of anilines is 3. The molecule has 2 aliphatic rings. The Morgan fingerprint density at radius 1 is 0.373 bits per heavy atom. The van der Waals surface area contributed by atoms with Crippen LogP contribution in [0.3, 0.4) is 0 Å². The molecular formula is C57H40N2. The highest BCUT2D eigenvalue weighted by Gasteiger charge is 2.51. The fourth-order valence-corrected chi connectivity index (χ4v) is 10.7. The van der Waals surface area contributed by atoms with Crippen LogP contribution < -0.4 is 4.90 Å². The summed E-state index contributed by atoms with van der Waals surface area (Å²) in [5.74, 6) is 0. The predicted octanol–water partition coefficient (Wildman–Crippen LogP) is 14.9. The highest BCUT2D eigenvalue weighted by Crippen LogP contribution is 2.64. The maximum atomic E-state index is 2.42. The van der Waals surface area contributed by atoms with Gasteiger partial charge in [-0.25, -0.2) is 0 Å². The Hall–Kier alpha value is -7.42. The summed E-state index contributed by atoms with van der Waals surface area (Å²) in [5.41, 5.74) is 22.3. The molecule has 2 aliphatic carbocycles. The van der Waals surface area contributed by atoms with Gasteiger partial charge in [0.15, 0.2) is 0 Å². The zero-order chi connectivity index (χ0) is 39.2. The van der Waals surface area contributed by atoms with E-state index < -0.39 is 0 Å². The zero-order valence-corrected chi connectivity index (χ0v) is 33.0. The summed E-state index contributed by atoms with van der Waals surface area (Å²) in [6, 6.07) is 76.6. The van der Waals surface area contributed by atoms with Crippen molar-refractivity contribution in [2.45, 2.75) is 19.3 Å². The molecule has 10 aromatic rings. The van der Waals surface area contributed by atoms with Crippen molar-refractivity contribution in [3.05, 3.63) is 240 Å². The van der Waals surface area contributed by atoms with E-state index >= 15 is 0 Å². The maximum Gasteiger partial charge on any atom is 0.0725 e. The van der Waals surface area contributed by atoms with Crippen LogP contribution >= 0.6 is 0 Å². The van der Waals surface area contributed by atoms with Gasteiger partial charge in [-0.2, -0.15) is 0 Å². The van der Waals surface area contributed by atoms with E-state index in [1.54, 1.807) is 0 Å². The molecule has 12 rings (SSSR count). The van der Waals surface area contributed by atoms with Crippen molar-refractivity contribution in [1.82, 2.24) is 4.57 Å². The second-order valence-corrected chi connectivity index (χ2v) is 16.2. The van der Waals surface area contributed by atoms with Gasteiger partial charge in [-0.1, -0.05) is 146 Å². The molecule has 0 unspecified atom stereocenters. The molecular weight excluding hydrogens is 713 g/mol. The Kier molecular flexibility index (Phi) is 7.31. The molecule has 0 aliphatic heterocycles. The summed E-state index contributed by atoms with van der Waals surface area (Å²) >= 11 is 0. The third kappa shape index (κ3) is 4.81. The molecule has 0 amide bonds. The molecule has 1 aromatic heterocycles. The van der Waals surface area contributed by atoms with Gasteiger partial charge < -0.3 is 9.47 Å². The fraction of sp³-hybridized carbons (Fsp3) is 0.0526. The molecule has 1 spiro atoms. The third-order valence-corrected chi connectivity index (χ3v) is 12.9. The quantitative estimate of drug-likeness (QED) is 0.170. The van der Waals surface area contributed by atoms with Crippen molar-refractivity contribution in [1.29, 1.82) is 0 Å². The van der Waals surface area contributed by atoms with Gasteiger partial charge in [0.2, 0.25) is 0 Å². The number of aromatic nitrogens is 1. The summed E-state index contributed by atoms with van der Waals surface area (Å²) < 4.78 is 2.38. The van der Waals surface area contributed by atoms with Crippen molar-refractivity contribution < 1.29 is 0 Å². The van der Waals surface area contributed by atoms with Gasteiger partial charge in [0.25, 0.3) is 0 Å². The largest absolute Gasteiger partial charge is 0.310 e. The number of hydrogen-bond donors (Lipinski definition) is 0. The van der Waals surface area contributed by atoms with Crippen LogP contribution in [-0.4, -0.2) is 4.57 Å². The van der Waals surface area contributed by atoms with Crippen LogP contribution in [0.15, 0.2) is 206 Å². The average molecular weight is 753 g/mol. The fourth-order valence-electron chi connectivity index (χ4n) is 10.7. The number of para-hydroxylation sites is 2. The van der Waals surface area contributed by atoms with Crippen molar-refractivity contribution in [3.63, 3.8) is 0 Å². The van der Waals surface area contributed by atoms with Crippen LogP contribution in [-0.2, 0) is 5.41 Å². The Labute approximate surface area is 344 Å². The summed E-state index contributed by atoms with van der Waals surface area (Å²) in [6.45, 7) is 4.38. The third-order valence-electron chi connectivity index (χ3n) is 12.9. The minimum absolute atomic E-state index is 0.364. The molecule has 0 radical (unpaired) electrons. The number of fused-ring (bicyclic) bond motifs is 13. The summed E-state index contributed by atoms with van der Waals surface area (Å²) in [5, 5.41) is 2.47. The second kappa shape index (κ2) is 12.8. The van der Waals surface area contributed by atoms with Gasteiger partial charge in [0, 0.05) is 33.5 Å². The normalized spacial score (nSPS) is 13.1. The van der Waals surface area contributed by atoms with E-state index in [0.717, 1.165) is 22.7 Å². The first-order valence-electron chi connectivity index (χ1n) is 20.6. The van der Waals surface area contributed by atoms with E-state index in [4.69, 9.17) is 0 Å². The lowest BCUT2D eigenvalue weighted by atomic mass is 9.70. The van der Waals surface area contributed by atoms with Crippen LogP contribution in [0, 0.1) is 13.8 Å². The zero-order valence-electron chi connectivity index (χ0n) is 33.0. The first kappa shape index (κ1) is 33.7. The Bertz CT molecular complexity index is 3230. The number of benzene rings is 9. The molecule has 0 N–H and O–H groups in total. The molecule has 2 nitrogen and oxygen atoms in total. The molecule has 59 heavy (non-hydrogen) atoms. The standard InChI is InChI=1S/C57H40N2/c1-37-33-38(2)35-43(34-37)58(42-31-32-55-49(36-42)47-19-9-13-26-54(47)59(55)40-15-4-3-5-16-40)41-29-27-39(28-30-41)44-21-14-25-53-56(44)48-20-8-12-24-52(48)57(53)50-22-10-6-17-45(50)46-18-7-11-23-51(46)57/h3-36H,1-2H3. The van der Waals surface area contributed by atoms with Gasteiger partial charge >= 0.3 is 0 Å². The highest BCUT2D eigenvalue weighted by atomic mass is 15.1. The molecule has 0 atom stereocenters. The molecule has 1 heterocycles. The molecule has 2 heteroatoms. The number of nitrogens with zero attached hydrogens (tertiary/aromatic N) is 2. The number of hydrogen-bond acceptors (Lipinski definition) is 1. The van der Waals surface area contributed by atoms with Crippen molar-refractivity contribution >= 4 is 38.9 Å². The predicted molar refractivity (Wildman–Crippen MR) is 247 cm³/mol. The molecule has 0 saturated heterocycles. The molecule has 0 bridgehead atoms. The number of aryl methyl sites for hydroxylation is 2. The van der Waals surface area contributed by atoms with E-state index in [1.165, 1.54) is 88.6 Å². The van der Waals surface area contributed by atoms with Gasteiger partial charge in [-0.05, 0) is 141 Å². The topological polar surface area (TPSA) is 8.17 Å². The van der Waals surface area contributed by atoms with Crippen LogP contribution in [0.4, 0.5) is 17.1 Å². The van der Waals surface area contributed by atoms with Crippen molar-refractivity contribution in [2.24, 2.45) is 0 Å². The monoisotopic (exact) mass is 752 g/mol. The maximum absolute atomic E-state index is 2.42. The first-order chi connectivity index (χ1) is 29.1. The summed E-state index contributed by atoms with van der Waals surface area (Å²) in [6.07, 6.45) is 0. The van der Waals surface area contributed by atoms with E-state index in [-0.39, 0.29) is 5.41 Å². The second-order valence-electron chi connectivity index (χ2n) is 16.2. The Balaban J connectivity index is 1.03. The minimum Gasteiger partial charge on any atom is -0.310 e. The molecule has 278 valence electrons. The van der Waals surface area contributed by atoms with E-state index in [0.29, 0.717) is 0 Å². The van der Waals surface area contributed by atoms with Crippen LogP contribution in [0.1, 0.15) is 33.4 Å². The lowest BCUT2D eigenvalue weighted by Gasteiger charge is -2.30. The summed E-state index contributed by atoms with van der Waals surface area (Å²) in [4.78, 5) is 2.42. The Morgan fingerprint density at radius 2 is 0.915 bits per heavy atom. The Morgan fingerprint density at radius 3 is 1.63 bits per heavy atom.